The normalized spacial score (nSPS) is 14.9. The Morgan fingerprint density at radius 1 is 1.10 bits per heavy atom. The second-order valence-electron chi connectivity index (χ2n) is 7.75. The van der Waals surface area contributed by atoms with Gasteiger partial charge >= 0.3 is 0 Å². The van der Waals surface area contributed by atoms with E-state index in [1.165, 1.54) is 11.1 Å². The summed E-state index contributed by atoms with van der Waals surface area (Å²) in [5, 5.41) is 6.58. The summed E-state index contributed by atoms with van der Waals surface area (Å²) >= 11 is 0. The van der Waals surface area contributed by atoms with Crippen molar-refractivity contribution in [3.05, 3.63) is 59.2 Å². The van der Waals surface area contributed by atoms with Crippen LogP contribution in [0.1, 0.15) is 36.5 Å². The van der Waals surface area contributed by atoms with Crippen LogP contribution in [0, 0.1) is 0 Å². The first-order valence-corrected chi connectivity index (χ1v) is 11.0. The second kappa shape index (κ2) is 10.2. The largest absolute Gasteiger partial charge is 0.454 e. The first-order valence-electron chi connectivity index (χ1n) is 11.0. The van der Waals surface area contributed by atoms with Crippen LogP contribution in [0.3, 0.4) is 0 Å². The number of rotatable bonds is 7. The van der Waals surface area contributed by atoms with Crippen LogP contribution in [0.15, 0.2) is 47.5 Å². The van der Waals surface area contributed by atoms with E-state index >= 15 is 0 Å². The molecule has 0 aromatic heterocycles. The predicted molar refractivity (Wildman–Crippen MR) is 120 cm³/mol. The molecule has 2 aromatic rings. The summed E-state index contributed by atoms with van der Waals surface area (Å²) in [7, 11) is 0. The minimum Gasteiger partial charge on any atom is -0.454 e. The lowest BCUT2D eigenvalue weighted by molar-refractivity contribution is -0.132. The topological polar surface area (TPSA) is 75.2 Å². The first-order chi connectivity index (χ1) is 15.2. The van der Waals surface area contributed by atoms with Gasteiger partial charge in [0.1, 0.15) is 0 Å². The monoisotopic (exact) mass is 422 g/mol. The molecule has 7 heteroatoms. The van der Waals surface area contributed by atoms with Crippen molar-refractivity contribution in [2.45, 2.75) is 39.3 Å². The number of carbonyl (C=O) groups is 1. The van der Waals surface area contributed by atoms with Gasteiger partial charge in [0.25, 0.3) is 0 Å². The Kier molecular flexibility index (Phi) is 6.92. The van der Waals surface area contributed by atoms with Crippen molar-refractivity contribution >= 4 is 11.9 Å². The highest BCUT2D eigenvalue weighted by Gasteiger charge is 2.19. The zero-order valence-corrected chi connectivity index (χ0v) is 18.0. The SMILES string of the molecule is CCNC(=NCc1ccc2c(c1)OCO2)NCCCC(=O)N1CCc2ccccc2C1. The van der Waals surface area contributed by atoms with Crippen LogP contribution < -0.4 is 20.1 Å². The first kappa shape index (κ1) is 21.0. The summed E-state index contributed by atoms with van der Waals surface area (Å²) in [6, 6.07) is 14.3. The van der Waals surface area contributed by atoms with Gasteiger partial charge in [-0.3, -0.25) is 4.79 Å². The highest BCUT2D eigenvalue weighted by Crippen LogP contribution is 2.32. The van der Waals surface area contributed by atoms with E-state index in [2.05, 4.69) is 33.8 Å². The average Bonchev–Trinajstić information content (AvgIpc) is 3.27. The molecular weight excluding hydrogens is 392 g/mol. The number of guanidine groups is 1. The Labute approximate surface area is 183 Å². The third kappa shape index (κ3) is 5.48. The maximum absolute atomic E-state index is 12.6. The van der Waals surface area contributed by atoms with E-state index in [1.54, 1.807) is 0 Å². The minimum atomic E-state index is 0.221. The fourth-order valence-corrected chi connectivity index (χ4v) is 3.86. The van der Waals surface area contributed by atoms with Gasteiger partial charge in [-0.1, -0.05) is 30.3 Å². The number of nitrogens with one attached hydrogen (secondary N) is 2. The van der Waals surface area contributed by atoms with Crippen LogP contribution in [-0.4, -0.2) is 43.2 Å². The van der Waals surface area contributed by atoms with Crippen molar-refractivity contribution < 1.29 is 14.3 Å². The van der Waals surface area contributed by atoms with Gasteiger partial charge in [-0.25, -0.2) is 4.99 Å². The lowest BCUT2D eigenvalue weighted by Gasteiger charge is -2.29. The number of hydrogen-bond donors (Lipinski definition) is 2. The summed E-state index contributed by atoms with van der Waals surface area (Å²) in [5.74, 6) is 2.52. The van der Waals surface area contributed by atoms with Gasteiger partial charge in [0.05, 0.1) is 6.54 Å². The van der Waals surface area contributed by atoms with Gasteiger partial charge in [0.15, 0.2) is 17.5 Å². The molecule has 2 heterocycles. The van der Waals surface area contributed by atoms with Crippen molar-refractivity contribution in [1.82, 2.24) is 15.5 Å². The Morgan fingerprint density at radius 3 is 2.81 bits per heavy atom. The van der Waals surface area contributed by atoms with Crippen LogP contribution in [0.4, 0.5) is 0 Å². The van der Waals surface area contributed by atoms with E-state index in [9.17, 15) is 4.79 Å². The lowest BCUT2D eigenvalue weighted by atomic mass is 9.99. The van der Waals surface area contributed by atoms with Gasteiger partial charge in [0.2, 0.25) is 12.7 Å². The second-order valence-corrected chi connectivity index (χ2v) is 7.75. The van der Waals surface area contributed by atoms with E-state index in [4.69, 9.17) is 9.47 Å². The highest BCUT2D eigenvalue weighted by atomic mass is 16.7. The van der Waals surface area contributed by atoms with Gasteiger partial charge in [0, 0.05) is 32.6 Å². The smallest absolute Gasteiger partial charge is 0.231 e. The fourth-order valence-electron chi connectivity index (χ4n) is 3.86. The number of amides is 1. The molecule has 0 unspecified atom stereocenters. The van der Waals surface area contributed by atoms with Gasteiger partial charge in [-0.15, -0.1) is 0 Å². The number of hydrogen-bond acceptors (Lipinski definition) is 4. The molecule has 2 N–H and O–H groups in total. The van der Waals surface area contributed by atoms with Crippen molar-refractivity contribution in [2.24, 2.45) is 4.99 Å². The number of fused-ring (bicyclic) bond motifs is 2. The molecule has 7 nitrogen and oxygen atoms in total. The fraction of sp³-hybridized carbons (Fsp3) is 0.417. The molecule has 164 valence electrons. The Balaban J connectivity index is 1.22. The van der Waals surface area contributed by atoms with Crippen LogP contribution in [-0.2, 0) is 24.3 Å². The number of nitrogens with zero attached hydrogens (tertiary/aromatic N) is 2. The van der Waals surface area contributed by atoms with Crippen LogP contribution in [0.5, 0.6) is 11.5 Å². The zero-order valence-electron chi connectivity index (χ0n) is 18.0. The van der Waals surface area contributed by atoms with Crippen LogP contribution in [0.2, 0.25) is 0 Å². The molecule has 0 bridgehead atoms. The van der Waals surface area contributed by atoms with Gasteiger partial charge in [-0.2, -0.15) is 0 Å². The molecule has 0 fully saturated rings. The molecule has 0 saturated carbocycles. The van der Waals surface area contributed by atoms with Gasteiger partial charge in [-0.05, 0) is 48.6 Å². The molecule has 0 radical (unpaired) electrons. The molecule has 2 aliphatic heterocycles. The minimum absolute atomic E-state index is 0.221. The summed E-state index contributed by atoms with van der Waals surface area (Å²) in [5.41, 5.74) is 3.69. The van der Waals surface area contributed by atoms with Crippen molar-refractivity contribution in [2.75, 3.05) is 26.4 Å². The number of carbonyl (C=O) groups excluding carboxylic acids is 1. The average molecular weight is 423 g/mol. The number of ether oxygens (including phenoxy) is 2. The van der Waals surface area contributed by atoms with Crippen molar-refractivity contribution in [1.29, 1.82) is 0 Å². The molecule has 2 aliphatic rings. The molecule has 2 aromatic carbocycles. The summed E-state index contributed by atoms with van der Waals surface area (Å²) < 4.78 is 10.8. The summed E-state index contributed by atoms with van der Waals surface area (Å²) in [6.45, 7) is 5.86. The molecule has 1 amide bonds. The number of benzene rings is 2. The molecule has 4 rings (SSSR count). The molecule has 0 saturated heterocycles. The van der Waals surface area contributed by atoms with E-state index in [1.807, 2.05) is 36.1 Å². The van der Waals surface area contributed by atoms with Gasteiger partial charge < -0.3 is 25.0 Å². The van der Waals surface area contributed by atoms with E-state index < -0.39 is 0 Å². The van der Waals surface area contributed by atoms with Crippen molar-refractivity contribution in [3.8, 4) is 11.5 Å². The molecular formula is C24H30N4O3. The van der Waals surface area contributed by atoms with E-state index in [0.717, 1.165) is 55.5 Å². The van der Waals surface area contributed by atoms with Crippen LogP contribution in [0.25, 0.3) is 0 Å². The third-order valence-electron chi connectivity index (χ3n) is 5.54. The quantitative estimate of drug-likeness (QED) is 0.408. The predicted octanol–water partition coefficient (Wildman–Crippen LogP) is 2.84. The van der Waals surface area contributed by atoms with E-state index in [0.29, 0.717) is 19.5 Å². The molecule has 31 heavy (non-hydrogen) atoms. The Morgan fingerprint density at radius 2 is 1.94 bits per heavy atom. The Hall–Kier alpha value is -3.22. The lowest BCUT2D eigenvalue weighted by Crippen LogP contribution is -2.39. The Bertz CT molecular complexity index is 944. The zero-order chi connectivity index (χ0) is 21.5. The van der Waals surface area contributed by atoms with Crippen LogP contribution >= 0.6 is 0 Å². The summed E-state index contributed by atoms with van der Waals surface area (Å²) in [6.07, 6.45) is 2.25. The van der Waals surface area contributed by atoms with Crippen molar-refractivity contribution in [3.63, 3.8) is 0 Å². The maximum atomic E-state index is 12.6. The highest BCUT2D eigenvalue weighted by molar-refractivity contribution is 5.80. The maximum Gasteiger partial charge on any atom is 0.231 e. The summed E-state index contributed by atoms with van der Waals surface area (Å²) in [4.78, 5) is 19.2. The molecule has 0 aliphatic carbocycles. The van der Waals surface area contributed by atoms with E-state index in [-0.39, 0.29) is 12.7 Å². The third-order valence-corrected chi connectivity index (χ3v) is 5.54. The molecule has 0 atom stereocenters. The number of aliphatic imine (C=N–C) groups is 1. The standard InChI is InChI=1S/C24H30N4O3/c1-2-25-24(27-15-18-9-10-21-22(14-18)31-17-30-21)26-12-5-8-23(29)28-13-11-19-6-3-4-7-20(19)16-28/h3-4,6-7,9-10,14H,2,5,8,11-13,15-17H2,1H3,(H2,25,26,27). The molecule has 0 spiro atoms.